The molecule has 1 saturated carbocycles. The lowest BCUT2D eigenvalue weighted by atomic mass is 10.1. The molecule has 0 amide bonds. The van der Waals surface area contributed by atoms with E-state index in [4.69, 9.17) is 11.6 Å². The summed E-state index contributed by atoms with van der Waals surface area (Å²) in [6, 6.07) is 3.98. The molecule has 2 rings (SSSR count). The van der Waals surface area contributed by atoms with Crippen molar-refractivity contribution in [1.29, 1.82) is 0 Å². The average Bonchev–Trinajstić information content (AvgIpc) is 2.82. The number of halogens is 1. The summed E-state index contributed by atoms with van der Waals surface area (Å²) in [5, 5.41) is 21.9. The highest BCUT2D eigenvalue weighted by atomic mass is 35.5. The van der Waals surface area contributed by atoms with E-state index in [2.05, 4.69) is 5.32 Å². The van der Waals surface area contributed by atoms with Crippen LogP contribution in [0.2, 0.25) is 5.02 Å². The fraction of sp³-hybridized carbons (Fsp3) is 0.462. The van der Waals surface area contributed by atoms with E-state index < -0.39 is 12.0 Å². The summed E-state index contributed by atoms with van der Waals surface area (Å²) in [6.45, 7) is 0. The quantitative estimate of drug-likeness (QED) is 0.786. The third kappa shape index (κ3) is 2.94. The Balaban J connectivity index is 2.17. The number of carbonyl (C=O) groups is 1. The van der Waals surface area contributed by atoms with Gasteiger partial charge in [0.25, 0.3) is 0 Å². The lowest BCUT2D eigenvalue weighted by molar-refractivity contribution is -0.139. The molecule has 1 aromatic carbocycles. The maximum atomic E-state index is 11.3. The highest BCUT2D eigenvalue weighted by molar-refractivity contribution is 6.32. The number of hydrogen-bond acceptors (Lipinski definition) is 3. The first-order valence-corrected chi connectivity index (χ1v) is 6.43. The number of rotatable bonds is 4. The lowest BCUT2D eigenvalue weighted by Gasteiger charge is -2.20. The molecule has 0 heterocycles. The van der Waals surface area contributed by atoms with Gasteiger partial charge in [-0.25, -0.2) is 0 Å². The highest BCUT2D eigenvalue weighted by Gasteiger charge is 2.25. The maximum Gasteiger partial charge on any atom is 0.325 e. The van der Waals surface area contributed by atoms with E-state index in [-0.39, 0.29) is 16.8 Å². The van der Waals surface area contributed by atoms with Crippen LogP contribution in [0.25, 0.3) is 0 Å². The first kappa shape index (κ1) is 13.2. The normalized spacial score (nSPS) is 17.8. The Labute approximate surface area is 111 Å². The molecular weight excluding hydrogens is 254 g/mol. The van der Waals surface area contributed by atoms with Crippen LogP contribution >= 0.6 is 11.6 Å². The summed E-state index contributed by atoms with van der Waals surface area (Å²) < 4.78 is 0. The molecule has 1 atom stereocenters. The summed E-state index contributed by atoms with van der Waals surface area (Å²) >= 11 is 5.81. The molecule has 0 saturated heterocycles. The van der Waals surface area contributed by atoms with Gasteiger partial charge in [-0.3, -0.25) is 10.1 Å². The first-order chi connectivity index (χ1) is 8.58. The third-order valence-electron chi connectivity index (χ3n) is 3.31. The van der Waals surface area contributed by atoms with Crippen molar-refractivity contribution in [3.63, 3.8) is 0 Å². The summed E-state index contributed by atoms with van der Waals surface area (Å²) in [4.78, 5) is 11.3. The van der Waals surface area contributed by atoms with E-state index in [1.165, 1.54) is 12.1 Å². The molecular formula is C13H16ClNO3. The van der Waals surface area contributed by atoms with Crippen LogP contribution in [0.5, 0.6) is 5.75 Å². The van der Waals surface area contributed by atoms with Gasteiger partial charge in [0.15, 0.2) is 0 Å². The van der Waals surface area contributed by atoms with Gasteiger partial charge in [-0.1, -0.05) is 30.5 Å². The molecule has 1 aromatic rings. The second-order valence-electron chi connectivity index (χ2n) is 4.63. The van der Waals surface area contributed by atoms with E-state index in [0.717, 1.165) is 25.7 Å². The molecule has 1 unspecified atom stereocenters. The van der Waals surface area contributed by atoms with Crippen LogP contribution < -0.4 is 5.32 Å². The Morgan fingerprint density at radius 1 is 1.39 bits per heavy atom. The van der Waals surface area contributed by atoms with Crippen molar-refractivity contribution in [1.82, 2.24) is 5.32 Å². The van der Waals surface area contributed by atoms with E-state index in [1.807, 2.05) is 0 Å². The average molecular weight is 270 g/mol. The monoisotopic (exact) mass is 269 g/mol. The fourth-order valence-corrected chi connectivity index (χ4v) is 2.53. The number of nitrogens with one attached hydrogen (secondary N) is 1. The Morgan fingerprint density at radius 2 is 2.06 bits per heavy atom. The number of aromatic hydroxyl groups is 1. The van der Waals surface area contributed by atoms with Crippen LogP contribution in [0.1, 0.15) is 37.3 Å². The van der Waals surface area contributed by atoms with Crippen LogP contribution in [0.3, 0.4) is 0 Å². The zero-order chi connectivity index (χ0) is 13.1. The van der Waals surface area contributed by atoms with Gasteiger partial charge in [0, 0.05) is 6.04 Å². The topological polar surface area (TPSA) is 69.6 Å². The van der Waals surface area contributed by atoms with Crippen molar-refractivity contribution in [2.75, 3.05) is 0 Å². The van der Waals surface area contributed by atoms with Gasteiger partial charge in [-0.2, -0.15) is 0 Å². The number of carboxylic acid groups (broad SMARTS) is 1. The number of carboxylic acids is 1. The summed E-state index contributed by atoms with van der Waals surface area (Å²) in [5.74, 6) is -0.964. The molecule has 0 spiro atoms. The SMILES string of the molecule is O=C(O)C(NC1CCCC1)c1ccc(O)c(Cl)c1. The minimum absolute atomic E-state index is 0.0366. The number of benzene rings is 1. The number of phenolic OH excluding ortho intramolecular Hbond substituents is 1. The summed E-state index contributed by atoms with van der Waals surface area (Å²) in [6.07, 6.45) is 4.30. The fourth-order valence-electron chi connectivity index (χ4n) is 2.34. The van der Waals surface area contributed by atoms with Crippen LogP contribution in [0.15, 0.2) is 18.2 Å². The van der Waals surface area contributed by atoms with E-state index in [9.17, 15) is 15.0 Å². The Hall–Kier alpha value is -1.26. The Morgan fingerprint density at radius 3 is 2.61 bits per heavy atom. The smallest absolute Gasteiger partial charge is 0.325 e. The highest BCUT2D eigenvalue weighted by Crippen LogP contribution is 2.28. The zero-order valence-corrected chi connectivity index (χ0v) is 10.7. The molecule has 3 N–H and O–H groups in total. The van der Waals surface area contributed by atoms with Crippen LogP contribution in [-0.2, 0) is 4.79 Å². The molecule has 1 aliphatic carbocycles. The van der Waals surface area contributed by atoms with Crippen molar-refractivity contribution in [2.24, 2.45) is 0 Å². The van der Waals surface area contributed by atoms with Gasteiger partial charge in [-0.15, -0.1) is 0 Å². The van der Waals surface area contributed by atoms with Gasteiger partial charge >= 0.3 is 5.97 Å². The van der Waals surface area contributed by atoms with Crippen LogP contribution in [0, 0.1) is 0 Å². The van der Waals surface area contributed by atoms with Crippen molar-refractivity contribution < 1.29 is 15.0 Å². The summed E-state index contributed by atoms with van der Waals surface area (Å²) in [5.41, 5.74) is 0.567. The van der Waals surface area contributed by atoms with Crippen molar-refractivity contribution >= 4 is 17.6 Å². The lowest BCUT2D eigenvalue weighted by Crippen LogP contribution is -2.35. The predicted molar refractivity (Wildman–Crippen MR) is 68.9 cm³/mol. The van der Waals surface area contributed by atoms with E-state index in [1.54, 1.807) is 6.07 Å². The van der Waals surface area contributed by atoms with Gasteiger partial charge in [0.2, 0.25) is 0 Å². The molecule has 5 heteroatoms. The van der Waals surface area contributed by atoms with Gasteiger partial charge < -0.3 is 10.2 Å². The van der Waals surface area contributed by atoms with Gasteiger partial charge in [-0.05, 0) is 30.5 Å². The second-order valence-corrected chi connectivity index (χ2v) is 5.04. The van der Waals surface area contributed by atoms with E-state index in [0.29, 0.717) is 5.56 Å². The van der Waals surface area contributed by atoms with Gasteiger partial charge in [0.05, 0.1) is 5.02 Å². The minimum atomic E-state index is -0.927. The maximum absolute atomic E-state index is 11.3. The largest absolute Gasteiger partial charge is 0.506 e. The van der Waals surface area contributed by atoms with Crippen LogP contribution in [-0.4, -0.2) is 22.2 Å². The van der Waals surface area contributed by atoms with Crippen molar-refractivity contribution in [3.05, 3.63) is 28.8 Å². The minimum Gasteiger partial charge on any atom is -0.506 e. The molecule has 98 valence electrons. The molecule has 1 aliphatic rings. The number of aliphatic carboxylic acids is 1. The molecule has 0 aromatic heterocycles. The first-order valence-electron chi connectivity index (χ1n) is 6.05. The molecule has 0 bridgehead atoms. The molecule has 0 aliphatic heterocycles. The third-order valence-corrected chi connectivity index (χ3v) is 3.61. The molecule has 1 fully saturated rings. The predicted octanol–water partition coefficient (Wildman–Crippen LogP) is 2.70. The Bertz CT molecular complexity index is 444. The summed E-state index contributed by atoms with van der Waals surface area (Å²) in [7, 11) is 0. The zero-order valence-electron chi connectivity index (χ0n) is 9.90. The van der Waals surface area contributed by atoms with Crippen molar-refractivity contribution in [2.45, 2.75) is 37.8 Å². The standard InChI is InChI=1S/C13H16ClNO3/c14-10-7-8(5-6-11(10)16)12(13(17)18)15-9-3-1-2-4-9/h5-7,9,12,15-16H,1-4H2,(H,17,18). The molecule has 0 radical (unpaired) electrons. The van der Waals surface area contributed by atoms with Gasteiger partial charge in [0.1, 0.15) is 11.8 Å². The second kappa shape index (κ2) is 5.59. The Kier molecular flexibility index (Phi) is 4.09. The van der Waals surface area contributed by atoms with Crippen molar-refractivity contribution in [3.8, 4) is 5.75 Å². The number of phenols is 1. The number of hydrogen-bond donors (Lipinski definition) is 3. The van der Waals surface area contributed by atoms with Crippen LogP contribution in [0.4, 0.5) is 0 Å². The van der Waals surface area contributed by atoms with E-state index >= 15 is 0 Å². The molecule has 4 nitrogen and oxygen atoms in total. The molecule has 18 heavy (non-hydrogen) atoms.